The minimum absolute atomic E-state index is 0.297. The van der Waals surface area contributed by atoms with Crippen molar-refractivity contribution in [3.8, 4) is 17.2 Å². The molecular weight excluding hydrogens is 452 g/mol. The fourth-order valence-corrected chi connectivity index (χ4v) is 4.60. The summed E-state index contributed by atoms with van der Waals surface area (Å²) in [6.07, 6.45) is 1.94. The highest BCUT2D eigenvalue weighted by molar-refractivity contribution is 8.16. The van der Waals surface area contributed by atoms with Crippen LogP contribution in [0, 0.1) is 0 Å². The summed E-state index contributed by atoms with van der Waals surface area (Å²) in [4.78, 5) is 19.5. The topological polar surface area (TPSA) is 69.6 Å². The fourth-order valence-electron chi connectivity index (χ4n) is 3.81. The Labute approximate surface area is 204 Å². The number of hydrogen-bond donors (Lipinski definition) is 0. The van der Waals surface area contributed by atoms with Crippen molar-refractivity contribution in [2.45, 2.75) is 26.8 Å². The number of rotatable bonds is 10. The SMILES string of the molecule is CCOC(=O)C1=C(C)N=C2SC=CN2[C@@H]1c1ccc(OCCOc2ccccc2)c(OCC)c1. The molecule has 178 valence electrons. The molecule has 0 spiro atoms. The van der Waals surface area contributed by atoms with Crippen LogP contribution in [0.4, 0.5) is 0 Å². The molecule has 2 heterocycles. The minimum Gasteiger partial charge on any atom is -0.490 e. The highest BCUT2D eigenvalue weighted by Gasteiger charge is 2.37. The van der Waals surface area contributed by atoms with E-state index in [1.54, 1.807) is 6.92 Å². The molecule has 0 radical (unpaired) electrons. The summed E-state index contributed by atoms with van der Waals surface area (Å²) in [7, 11) is 0. The van der Waals surface area contributed by atoms with Gasteiger partial charge in [-0.25, -0.2) is 9.79 Å². The van der Waals surface area contributed by atoms with Crippen LogP contribution in [-0.2, 0) is 9.53 Å². The lowest BCUT2D eigenvalue weighted by molar-refractivity contribution is -0.139. The van der Waals surface area contributed by atoms with Gasteiger partial charge in [-0.05, 0) is 56.0 Å². The van der Waals surface area contributed by atoms with E-state index in [0.717, 1.165) is 16.5 Å². The summed E-state index contributed by atoms with van der Waals surface area (Å²) in [5, 5.41) is 2.79. The first kappa shape index (κ1) is 23.8. The maximum Gasteiger partial charge on any atom is 0.338 e. The molecule has 34 heavy (non-hydrogen) atoms. The van der Waals surface area contributed by atoms with Gasteiger partial charge < -0.3 is 23.8 Å². The molecule has 0 saturated heterocycles. The predicted octanol–water partition coefficient (Wildman–Crippen LogP) is 5.31. The summed E-state index contributed by atoms with van der Waals surface area (Å²) >= 11 is 1.52. The second kappa shape index (κ2) is 11.2. The monoisotopic (exact) mass is 480 g/mol. The number of nitrogens with zero attached hydrogens (tertiary/aromatic N) is 2. The number of hydrogen-bond acceptors (Lipinski definition) is 8. The van der Waals surface area contributed by atoms with Crippen LogP contribution < -0.4 is 14.2 Å². The molecule has 2 aromatic rings. The van der Waals surface area contributed by atoms with Crippen LogP contribution in [0.2, 0.25) is 0 Å². The lowest BCUT2D eigenvalue weighted by Crippen LogP contribution is -2.34. The van der Waals surface area contributed by atoms with Crippen LogP contribution >= 0.6 is 11.8 Å². The molecule has 0 saturated carbocycles. The number of carbonyl (C=O) groups excluding carboxylic acids is 1. The number of benzene rings is 2. The van der Waals surface area contributed by atoms with Crippen LogP contribution in [-0.4, -0.2) is 42.5 Å². The lowest BCUT2D eigenvalue weighted by Gasteiger charge is -2.33. The van der Waals surface area contributed by atoms with E-state index in [1.165, 1.54) is 11.8 Å². The molecule has 0 N–H and O–H groups in total. The summed E-state index contributed by atoms with van der Waals surface area (Å²) in [5.74, 6) is 1.66. The largest absolute Gasteiger partial charge is 0.490 e. The predicted molar refractivity (Wildman–Crippen MR) is 133 cm³/mol. The molecule has 0 amide bonds. The normalized spacial score (nSPS) is 16.7. The Morgan fingerprint density at radius 1 is 1.00 bits per heavy atom. The van der Waals surface area contributed by atoms with E-state index >= 15 is 0 Å². The summed E-state index contributed by atoms with van der Waals surface area (Å²) < 4.78 is 22.9. The average molecular weight is 481 g/mol. The van der Waals surface area contributed by atoms with Crippen molar-refractivity contribution in [2.24, 2.45) is 4.99 Å². The second-order valence-corrected chi connectivity index (χ2v) is 8.35. The first-order valence-electron chi connectivity index (χ1n) is 11.3. The van der Waals surface area contributed by atoms with Gasteiger partial charge in [-0.2, -0.15) is 0 Å². The number of fused-ring (bicyclic) bond motifs is 1. The Hall–Kier alpha value is -3.39. The zero-order valence-electron chi connectivity index (χ0n) is 19.5. The van der Waals surface area contributed by atoms with Crippen LogP contribution in [0.3, 0.4) is 0 Å². The van der Waals surface area contributed by atoms with Gasteiger partial charge in [0.1, 0.15) is 19.0 Å². The van der Waals surface area contributed by atoms with E-state index in [-0.39, 0.29) is 12.0 Å². The third kappa shape index (κ3) is 5.22. The van der Waals surface area contributed by atoms with E-state index in [0.29, 0.717) is 49.2 Å². The van der Waals surface area contributed by atoms with Gasteiger partial charge in [-0.15, -0.1) is 0 Å². The molecule has 7 nitrogen and oxygen atoms in total. The maximum absolute atomic E-state index is 12.9. The Balaban J connectivity index is 1.56. The summed E-state index contributed by atoms with van der Waals surface area (Å²) in [6, 6.07) is 15.0. The number of allylic oxidation sites excluding steroid dienone is 1. The number of ether oxygens (including phenoxy) is 4. The molecule has 0 aromatic heterocycles. The molecule has 0 fully saturated rings. The van der Waals surface area contributed by atoms with E-state index in [4.69, 9.17) is 18.9 Å². The Bertz CT molecular complexity index is 1110. The number of carbonyl (C=O) groups is 1. The molecule has 0 unspecified atom stereocenters. The maximum atomic E-state index is 12.9. The Morgan fingerprint density at radius 2 is 1.79 bits per heavy atom. The van der Waals surface area contributed by atoms with E-state index in [9.17, 15) is 4.79 Å². The Morgan fingerprint density at radius 3 is 2.56 bits per heavy atom. The highest BCUT2D eigenvalue weighted by Crippen LogP contribution is 2.43. The molecule has 2 aliphatic rings. The van der Waals surface area contributed by atoms with Crippen molar-refractivity contribution >= 4 is 22.9 Å². The third-order valence-corrected chi connectivity index (χ3v) is 6.02. The van der Waals surface area contributed by atoms with Crippen molar-refractivity contribution in [3.63, 3.8) is 0 Å². The number of amidine groups is 1. The molecule has 2 aromatic carbocycles. The zero-order chi connectivity index (χ0) is 23.9. The third-order valence-electron chi connectivity index (χ3n) is 5.25. The zero-order valence-corrected chi connectivity index (χ0v) is 20.3. The smallest absolute Gasteiger partial charge is 0.338 e. The molecule has 4 rings (SSSR count). The van der Waals surface area contributed by atoms with Crippen molar-refractivity contribution < 1.29 is 23.7 Å². The number of thioether (sulfide) groups is 1. The van der Waals surface area contributed by atoms with Gasteiger partial charge in [0.05, 0.1) is 30.5 Å². The molecule has 0 bridgehead atoms. The van der Waals surface area contributed by atoms with Gasteiger partial charge in [0.25, 0.3) is 0 Å². The summed E-state index contributed by atoms with van der Waals surface area (Å²) in [6.45, 7) is 7.12. The van der Waals surface area contributed by atoms with E-state index in [1.807, 2.05) is 78.9 Å². The fraction of sp³-hybridized carbons (Fsp3) is 0.308. The van der Waals surface area contributed by atoms with Gasteiger partial charge in [-0.1, -0.05) is 36.0 Å². The first-order valence-corrected chi connectivity index (χ1v) is 12.2. The average Bonchev–Trinajstić information content (AvgIpc) is 3.30. The lowest BCUT2D eigenvalue weighted by atomic mass is 9.94. The molecule has 8 heteroatoms. The van der Waals surface area contributed by atoms with Gasteiger partial charge in [0, 0.05) is 6.20 Å². The molecule has 2 aliphatic heterocycles. The van der Waals surface area contributed by atoms with E-state index < -0.39 is 0 Å². The van der Waals surface area contributed by atoms with Crippen molar-refractivity contribution in [2.75, 3.05) is 26.4 Å². The Kier molecular flexibility index (Phi) is 7.80. The minimum atomic E-state index is -0.368. The van der Waals surface area contributed by atoms with Gasteiger partial charge >= 0.3 is 5.97 Å². The molecular formula is C26H28N2O5S. The van der Waals surface area contributed by atoms with Crippen LogP contribution in [0.1, 0.15) is 32.4 Å². The second-order valence-electron chi connectivity index (χ2n) is 7.48. The van der Waals surface area contributed by atoms with Gasteiger partial charge in [0.2, 0.25) is 0 Å². The van der Waals surface area contributed by atoms with Crippen LogP contribution in [0.15, 0.2) is 76.4 Å². The van der Waals surface area contributed by atoms with Crippen LogP contribution in [0.5, 0.6) is 17.2 Å². The van der Waals surface area contributed by atoms with E-state index in [2.05, 4.69) is 4.99 Å². The highest BCUT2D eigenvalue weighted by atomic mass is 32.2. The van der Waals surface area contributed by atoms with Crippen molar-refractivity contribution in [3.05, 3.63) is 77.0 Å². The van der Waals surface area contributed by atoms with Crippen LogP contribution in [0.25, 0.3) is 0 Å². The standard InChI is InChI=1S/C26H28N2O5S/c1-4-30-22-17-19(11-12-21(22)33-15-14-32-20-9-7-6-8-10-20)24-23(25(29)31-5-2)18(3)27-26-28(24)13-16-34-26/h6-13,16-17,24H,4-5,14-15H2,1-3H3/t24-/m1/s1. The van der Waals surface area contributed by atoms with Gasteiger partial charge in [-0.3, -0.25) is 0 Å². The van der Waals surface area contributed by atoms with Crippen molar-refractivity contribution in [1.29, 1.82) is 0 Å². The van der Waals surface area contributed by atoms with Crippen molar-refractivity contribution in [1.82, 2.24) is 4.90 Å². The molecule has 0 aliphatic carbocycles. The first-order chi connectivity index (χ1) is 16.6. The van der Waals surface area contributed by atoms with Gasteiger partial charge in [0.15, 0.2) is 16.7 Å². The molecule has 1 atom stereocenters. The number of esters is 1. The number of aliphatic imine (C=N–C) groups is 1. The quantitative estimate of drug-likeness (QED) is 0.337. The summed E-state index contributed by atoms with van der Waals surface area (Å²) in [5.41, 5.74) is 2.06. The number of para-hydroxylation sites is 1.